The molecule has 2 rings (SSSR count). The smallest absolute Gasteiger partial charge is 0.0409 e. The average molecular weight is 181 g/mol. The lowest BCUT2D eigenvalue weighted by molar-refractivity contribution is 0.656. The summed E-state index contributed by atoms with van der Waals surface area (Å²) in [4.78, 5) is 0. The highest BCUT2D eigenvalue weighted by Crippen LogP contribution is 2.36. The molecule has 1 atom stereocenters. The second-order valence-electron chi connectivity index (χ2n) is 3.49. The minimum atomic E-state index is 0.763. The van der Waals surface area contributed by atoms with E-state index >= 15 is 0 Å². The Morgan fingerprint density at radius 2 is 2.33 bits per heavy atom. The van der Waals surface area contributed by atoms with Crippen LogP contribution in [0.1, 0.15) is 36.8 Å². The molecule has 0 fully saturated rings. The van der Waals surface area contributed by atoms with Gasteiger partial charge in [0.1, 0.15) is 0 Å². The summed E-state index contributed by atoms with van der Waals surface area (Å²) in [5.41, 5.74) is 3.00. The van der Waals surface area contributed by atoms with E-state index in [1.54, 1.807) is 0 Å². The van der Waals surface area contributed by atoms with Gasteiger partial charge in [-0.15, -0.1) is 0 Å². The van der Waals surface area contributed by atoms with Crippen molar-refractivity contribution in [2.75, 3.05) is 0 Å². The predicted molar refractivity (Wildman–Crippen MR) is 52.8 cm³/mol. The normalized spacial score (nSPS) is 21.0. The van der Waals surface area contributed by atoms with E-state index in [1.807, 2.05) is 6.07 Å². The molecule has 64 valence electrons. The second kappa shape index (κ2) is 3.10. The number of halogens is 1. The summed E-state index contributed by atoms with van der Waals surface area (Å²) >= 11 is 5.95. The molecule has 0 radical (unpaired) electrons. The van der Waals surface area contributed by atoms with Gasteiger partial charge in [-0.05, 0) is 48.4 Å². The minimum Gasteiger partial charge on any atom is -0.0843 e. The molecule has 1 aliphatic rings. The van der Waals surface area contributed by atoms with Crippen molar-refractivity contribution in [1.82, 2.24) is 0 Å². The fourth-order valence-electron chi connectivity index (χ4n) is 2.08. The van der Waals surface area contributed by atoms with E-state index in [-0.39, 0.29) is 0 Å². The minimum absolute atomic E-state index is 0.763. The SMILES string of the molecule is CCC1CCc2ccc(Cl)cc21. The zero-order valence-electron chi connectivity index (χ0n) is 7.31. The van der Waals surface area contributed by atoms with Crippen LogP contribution in [0.3, 0.4) is 0 Å². The standard InChI is InChI=1S/C11H13Cl/c1-2-8-3-4-9-5-6-10(12)7-11(8)9/h5-8H,2-4H2,1H3. The zero-order valence-corrected chi connectivity index (χ0v) is 8.06. The lowest BCUT2D eigenvalue weighted by Gasteiger charge is -2.07. The Hall–Kier alpha value is -0.490. The molecule has 1 aliphatic carbocycles. The maximum Gasteiger partial charge on any atom is 0.0409 e. The first-order valence-corrected chi connectivity index (χ1v) is 4.97. The fourth-order valence-corrected chi connectivity index (χ4v) is 2.26. The van der Waals surface area contributed by atoms with Crippen LogP contribution in [-0.4, -0.2) is 0 Å². The van der Waals surface area contributed by atoms with Crippen molar-refractivity contribution in [2.45, 2.75) is 32.1 Å². The average Bonchev–Trinajstić information content (AvgIpc) is 2.46. The molecule has 1 heteroatoms. The van der Waals surface area contributed by atoms with Gasteiger partial charge in [0, 0.05) is 5.02 Å². The van der Waals surface area contributed by atoms with Gasteiger partial charge in [0.25, 0.3) is 0 Å². The Morgan fingerprint density at radius 3 is 3.08 bits per heavy atom. The molecule has 1 unspecified atom stereocenters. The Balaban J connectivity index is 2.42. The summed E-state index contributed by atoms with van der Waals surface area (Å²) in [5.74, 6) is 0.763. The number of hydrogen-bond donors (Lipinski definition) is 0. The van der Waals surface area contributed by atoms with E-state index < -0.39 is 0 Å². The van der Waals surface area contributed by atoms with E-state index in [1.165, 1.54) is 30.4 Å². The number of aryl methyl sites for hydroxylation is 1. The van der Waals surface area contributed by atoms with Crippen molar-refractivity contribution in [3.8, 4) is 0 Å². The van der Waals surface area contributed by atoms with Gasteiger partial charge in [0.05, 0.1) is 0 Å². The van der Waals surface area contributed by atoms with Crippen LogP contribution in [0.4, 0.5) is 0 Å². The van der Waals surface area contributed by atoms with Crippen LogP contribution in [0.25, 0.3) is 0 Å². The van der Waals surface area contributed by atoms with Crippen molar-refractivity contribution in [1.29, 1.82) is 0 Å². The third-order valence-corrected chi connectivity index (χ3v) is 3.04. The molecule has 0 amide bonds. The Kier molecular flexibility index (Phi) is 2.10. The summed E-state index contributed by atoms with van der Waals surface area (Å²) in [6.45, 7) is 2.25. The third kappa shape index (κ3) is 1.25. The van der Waals surface area contributed by atoms with E-state index in [4.69, 9.17) is 11.6 Å². The van der Waals surface area contributed by atoms with Crippen LogP contribution in [0, 0.1) is 0 Å². The Bertz CT molecular complexity index is 291. The van der Waals surface area contributed by atoms with Crippen LogP contribution >= 0.6 is 11.6 Å². The number of benzene rings is 1. The third-order valence-electron chi connectivity index (χ3n) is 2.80. The van der Waals surface area contributed by atoms with Crippen molar-refractivity contribution >= 4 is 11.6 Å². The lowest BCUT2D eigenvalue weighted by Crippen LogP contribution is -1.89. The molecule has 12 heavy (non-hydrogen) atoms. The molecule has 0 saturated carbocycles. The fraction of sp³-hybridized carbons (Fsp3) is 0.455. The maximum atomic E-state index is 5.95. The van der Waals surface area contributed by atoms with Gasteiger partial charge in [-0.2, -0.15) is 0 Å². The molecule has 1 aromatic carbocycles. The van der Waals surface area contributed by atoms with Gasteiger partial charge in [0.15, 0.2) is 0 Å². The molecule has 0 aliphatic heterocycles. The summed E-state index contributed by atoms with van der Waals surface area (Å²) in [6, 6.07) is 6.31. The molecule has 0 saturated heterocycles. The number of hydrogen-bond acceptors (Lipinski definition) is 0. The van der Waals surface area contributed by atoms with Gasteiger partial charge in [-0.25, -0.2) is 0 Å². The first-order chi connectivity index (χ1) is 5.81. The molecular formula is C11H13Cl. The van der Waals surface area contributed by atoms with Crippen molar-refractivity contribution in [2.24, 2.45) is 0 Å². The highest BCUT2D eigenvalue weighted by atomic mass is 35.5. The monoisotopic (exact) mass is 180 g/mol. The van der Waals surface area contributed by atoms with E-state index in [0.29, 0.717) is 0 Å². The predicted octanol–water partition coefficient (Wildman–Crippen LogP) is 3.78. The molecular weight excluding hydrogens is 168 g/mol. The van der Waals surface area contributed by atoms with Gasteiger partial charge in [0.2, 0.25) is 0 Å². The van der Waals surface area contributed by atoms with Crippen LogP contribution in [0.15, 0.2) is 18.2 Å². The maximum absolute atomic E-state index is 5.95. The first-order valence-electron chi connectivity index (χ1n) is 4.59. The molecule has 0 aromatic heterocycles. The van der Waals surface area contributed by atoms with E-state index in [2.05, 4.69) is 19.1 Å². The summed E-state index contributed by atoms with van der Waals surface area (Å²) in [5, 5.41) is 0.883. The highest BCUT2D eigenvalue weighted by Gasteiger charge is 2.20. The topological polar surface area (TPSA) is 0 Å². The van der Waals surface area contributed by atoms with Crippen molar-refractivity contribution < 1.29 is 0 Å². The van der Waals surface area contributed by atoms with Crippen molar-refractivity contribution in [3.63, 3.8) is 0 Å². The van der Waals surface area contributed by atoms with E-state index in [9.17, 15) is 0 Å². The summed E-state index contributed by atoms with van der Waals surface area (Å²) in [7, 11) is 0. The molecule has 0 N–H and O–H groups in total. The largest absolute Gasteiger partial charge is 0.0843 e. The van der Waals surface area contributed by atoms with Crippen LogP contribution in [-0.2, 0) is 6.42 Å². The molecule has 1 aromatic rings. The second-order valence-corrected chi connectivity index (χ2v) is 3.92. The van der Waals surface area contributed by atoms with Gasteiger partial charge < -0.3 is 0 Å². The first kappa shape index (κ1) is 8.12. The highest BCUT2D eigenvalue weighted by molar-refractivity contribution is 6.30. The van der Waals surface area contributed by atoms with Crippen LogP contribution in [0.2, 0.25) is 5.02 Å². The molecule has 0 spiro atoms. The number of rotatable bonds is 1. The lowest BCUT2D eigenvalue weighted by atomic mass is 9.99. The van der Waals surface area contributed by atoms with Crippen LogP contribution in [0.5, 0.6) is 0 Å². The van der Waals surface area contributed by atoms with Crippen LogP contribution < -0.4 is 0 Å². The van der Waals surface area contributed by atoms with E-state index in [0.717, 1.165) is 10.9 Å². The summed E-state index contributed by atoms with van der Waals surface area (Å²) in [6.07, 6.45) is 3.80. The molecule has 0 nitrogen and oxygen atoms in total. The number of fused-ring (bicyclic) bond motifs is 1. The Labute approximate surface area is 78.6 Å². The van der Waals surface area contributed by atoms with Gasteiger partial charge >= 0.3 is 0 Å². The van der Waals surface area contributed by atoms with Gasteiger partial charge in [-0.1, -0.05) is 24.6 Å². The quantitative estimate of drug-likeness (QED) is 0.617. The zero-order chi connectivity index (χ0) is 8.55. The molecule has 0 bridgehead atoms. The van der Waals surface area contributed by atoms with Gasteiger partial charge in [-0.3, -0.25) is 0 Å². The van der Waals surface area contributed by atoms with Crippen molar-refractivity contribution in [3.05, 3.63) is 34.3 Å². The molecule has 0 heterocycles. The summed E-state index contributed by atoms with van der Waals surface area (Å²) < 4.78 is 0. The Morgan fingerprint density at radius 1 is 1.50 bits per heavy atom.